The van der Waals surface area contributed by atoms with Crippen molar-refractivity contribution in [3.05, 3.63) is 60.3 Å². The van der Waals surface area contributed by atoms with Crippen LogP contribution in [0.3, 0.4) is 0 Å². The number of thiocarbonyl (C=S) groups is 1. The van der Waals surface area contributed by atoms with E-state index in [9.17, 15) is 9.18 Å². The summed E-state index contributed by atoms with van der Waals surface area (Å²) in [7, 11) is 1.82. The van der Waals surface area contributed by atoms with Crippen molar-refractivity contribution in [3.63, 3.8) is 0 Å². The number of nitrogens with zero attached hydrogens (tertiary/aromatic N) is 4. The van der Waals surface area contributed by atoms with Crippen molar-refractivity contribution in [2.24, 2.45) is 7.05 Å². The summed E-state index contributed by atoms with van der Waals surface area (Å²) in [6.45, 7) is 1.26. The van der Waals surface area contributed by atoms with Crippen molar-refractivity contribution in [3.8, 4) is 11.1 Å². The lowest BCUT2D eigenvalue weighted by atomic mass is 10.1. The highest BCUT2D eigenvalue weighted by atomic mass is 32.1. The fourth-order valence-electron chi connectivity index (χ4n) is 3.45. The number of hydrogen-bond donors (Lipinski definition) is 3. The van der Waals surface area contributed by atoms with Gasteiger partial charge in [-0.3, -0.25) is 9.48 Å². The zero-order chi connectivity index (χ0) is 22.0. The van der Waals surface area contributed by atoms with Crippen molar-refractivity contribution in [2.75, 3.05) is 24.1 Å². The topological polar surface area (TPSA) is 101 Å². The maximum Gasteiger partial charge on any atom is 0.255 e. The van der Waals surface area contributed by atoms with E-state index in [0.717, 1.165) is 17.5 Å². The van der Waals surface area contributed by atoms with Crippen LogP contribution in [0.1, 0.15) is 16.8 Å². The Labute approximate surface area is 184 Å². The molecule has 1 saturated heterocycles. The van der Waals surface area contributed by atoms with E-state index in [4.69, 9.17) is 18.0 Å². The molecule has 1 fully saturated rings. The smallest absolute Gasteiger partial charge is 0.255 e. The SMILES string of the molecule is Cn1cc(-c2cnc(N)c(C(=O)N[C@@H]3CCN(C(=S)Nc4ccc(F)cc4)C3)c2)cn1. The summed E-state index contributed by atoms with van der Waals surface area (Å²) in [5, 5.41) is 10.8. The summed E-state index contributed by atoms with van der Waals surface area (Å²) in [6.07, 6.45) is 5.92. The molecule has 0 spiro atoms. The lowest BCUT2D eigenvalue weighted by molar-refractivity contribution is 0.0939. The molecule has 1 atom stereocenters. The first kappa shape index (κ1) is 20.7. The molecule has 31 heavy (non-hydrogen) atoms. The first-order valence-corrected chi connectivity index (χ1v) is 10.2. The second-order valence-corrected chi connectivity index (χ2v) is 7.79. The van der Waals surface area contributed by atoms with E-state index < -0.39 is 0 Å². The van der Waals surface area contributed by atoms with Gasteiger partial charge in [-0.1, -0.05) is 0 Å². The summed E-state index contributed by atoms with van der Waals surface area (Å²) in [5.41, 5.74) is 8.62. The number of likely N-dealkylation sites (tertiary alicyclic amines) is 1. The Morgan fingerprint density at radius 1 is 1.26 bits per heavy atom. The van der Waals surface area contributed by atoms with Gasteiger partial charge >= 0.3 is 0 Å². The number of nitrogen functional groups attached to an aromatic ring is 1. The lowest BCUT2D eigenvalue weighted by Gasteiger charge is -2.21. The number of aryl methyl sites for hydroxylation is 1. The first-order chi connectivity index (χ1) is 14.9. The third kappa shape index (κ3) is 4.80. The molecule has 1 amide bonds. The number of benzene rings is 1. The minimum atomic E-state index is -0.304. The Bertz CT molecular complexity index is 1120. The highest BCUT2D eigenvalue weighted by molar-refractivity contribution is 7.80. The van der Waals surface area contributed by atoms with Crippen molar-refractivity contribution in [1.82, 2.24) is 25.0 Å². The molecule has 4 rings (SSSR count). The Morgan fingerprint density at radius 3 is 2.74 bits per heavy atom. The molecule has 0 aliphatic carbocycles. The number of nitrogens with two attached hydrogens (primary N) is 1. The van der Waals surface area contributed by atoms with Gasteiger partial charge < -0.3 is 21.3 Å². The van der Waals surface area contributed by atoms with Gasteiger partial charge in [-0.2, -0.15) is 5.10 Å². The molecule has 3 heterocycles. The quantitative estimate of drug-likeness (QED) is 0.537. The third-order valence-electron chi connectivity index (χ3n) is 5.11. The first-order valence-electron chi connectivity index (χ1n) is 9.76. The predicted octanol–water partition coefficient (Wildman–Crippen LogP) is 2.40. The van der Waals surface area contributed by atoms with Crippen molar-refractivity contribution in [2.45, 2.75) is 12.5 Å². The van der Waals surface area contributed by atoms with E-state index in [0.29, 0.717) is 29.5 Å². The molecule has 2 aromatic heterocycles. The molecule has 8 nitrogen and oxygen atoms in total. The molecule has 1 aliphatic heterocycles. The van der Waals surface area contributed by atoms with E-state index in [1.165, 1.54) is 12.1 Å². The molecule has 3 aromatic rings. The van der Waals surface area contributed by atoms with Gasteiger partial charge in [0.2, 0.25) is 0 Å². The predicted molar refractivity (Wildman–Crippen MR) is 121 cm³/mol. The van der Waals surface area contributed by atoms with Crippen LogP contribution >= 0.6 is 12.2 Å². The average Bonchev–Trinajstić information content (AvgIpc) is 3.39. The molecule has 0 unspecified atom stereocenters. The van der Waals surface area contributed by atoms with Crippen LogP contribution in [0.2, 0.25) is 0 Å². The standard InChI is InChI=1S/C21H22FN7OS/c1-28-11-14(10-25-28)13-8-18(19(23)24-9-13)20(30)26-17-6-7-29(12-17)21(31)27-16-4-2-15(22)3-5-16/h2-5,8-11,17H,6-7,12H2,1H3,(H2,23,24)(H,26,30)(H,27,31)/t17-/m1/s1. The maximum absolute atomic E-state index is 13.1. The van der Waals surface area contributed by atoms with E-state index in [-0.39, 0.29) is 23.6 Å². The minimum absolute atomic E-state index is 0.0816. The number of rotatable bonds is 4. The van der Waals surface area contributed by atoms with E-state index in [2.05, 4.69) is 20.7 Å². The van der Waals surface area contributed by atoms with Crippen LogP contribution in [0.15, 0.2) is 48.9 Å². The van der Waals surface area contributed by atoms with Gasteiger partial charge in [0.05, 0.1) is 11.8 Å². The van der Waals surface area contributed by atoms with Gasteiger partial charge in [0.15, 0.2) is 5.11 Å². The summed E-state index contributed by atoms with van der Waals surface area (Å²) < 4.78 is 14.7. The number of halogens is 1. The number of hydrogen-bond acceptors (Lipinski definition) is 5. The Balaban J connectivity index is 1.38. The van der Waals surface area contributed by atoms with Gasteiger partial charge in [-0.25, -0.2) is 9.37 Å². The van der Waals surface area contributed by atoms with Crippen LogP contribution in [0.5, 0.6) is 0 Å². The third-order valence-corrected chi connectivity index (χ3v) is 5.47. The maximum atomic E-state index is 13.1. The molecule has 0 bridgehead atoms. The molecule has 10 heteroatoms. The zero-order valence-electron chi connectivity index (χ0n) is 16.9. The number of anilines is 2. The van der Waals surface area contributed by atoms with Crippen molar-refractivity contribution in [1.29, 1.82) is 0 Å². The number of carbonyl (C=O) groups excluding carboxylic acids is 1. The zero-order valence-corrected chi connectivity index (χ0v) is 17.7. The number of carbonyl (C=O) groups is 1. The minimum Gasteiger partial charge on any atom is -0.383 e. The Kier molecular flexibility index (Phi) is 5.81. The van der Waals surface area contributed by atoms with Gasteiger partial charge in [-0.05, 0) is 49.0 Å². The average molecular weight is 440 g/mol. The van der Waals surface area contributed by atoms with Crippen LogP contribution in [0.4, 0.5) is 15.9 Å². The number of amides is 1. The Morgan fingerprint density at radius 2 is 2.03 bits per heavy atom. The summed E-state index contributed by atoms with van der Waals surface area (Å²) in [6, 6.07) is 7.64. The molecule has 160 valence electrons. The number of nitrogens with one attached hydrogen (secondary N) is 2. The molecular formula is C21H22FN7OS. The van der Waals surface area contributed by atoms with E-state index in [1.54, 1.807) is 35.3 Å². The molecule has 1 aromatic carbocycles. The summed E-state index contributed by atoms with van der Waals surface area (Å²) in [5.74, 6) is -0.407. The van der Waals surface area contributed by atoms with Crippen molar-refractivity contribution >= 4 is 34.7 Å². The van der Waals surface area contributed by atoms with Crippen LogP contribution in [0, 0.1) is 5.82 Å². The number of aromatic nitrogens is 3. The largest absolute Gasteiger partial charge is 0.383 e. The summed E-state index contributed by atoms with van der Waals surface area (Å²) >= 11 is 5.45. The lowest BCUT2D eigenvalue weighted by Crippen LogP contribution is -2.39. The van der Waals surface area contributed by atoms with Crippen LogP contribution in [0.25, 0.3) is 11.1 Å². The molecular weight excluding hydrogens is 417 g/mol. The van der Waals surface area contributed by atoms with E-state index >= 15 is 0 Å². The van der Waals surface area contributed by atoms with Crippen LogP contribution in [-0.2, 0) is 7.05 Å². The van der Waals surface area contributed by atoms with Crippen LogP contribution in [-0.4, -0.2) is 49.8 Å². The number of pyridine rings is 1. The monoisotopic (exact) mass is 439 g/mol. The van der Waals surface area contributed by atoms with Crippen LogP contribution < -0.4 is 16.4 Å². The fraction of sp³-hybridized carbons (Fsp3) is 0.238. The second kappa shape index (κ2) is 8.68. The molecule has 0 radical (unpaired) electrons. The summed E-state index contributed by atoms with van der Waals surface area (Å²) in [4.78, 5) is 19.0. The second-order valence-electron chi connectivity index (χ2n) is 7.40. The fourth-order valence-corrected chi connectivity index (χ4v) is 3.73. The Hall–Kier alpha value is -3.53. The molecule has 0 saturated carbocycles. The van der Waals surface area contributed by atoms with Gasteiger partial charge in [-0.15, -0.1) is 0 Å². The van der Waals surface area contributed by atoms with Gasteiger partial charge in [0, 0.05) is 55.4 Å². The highest BCUT2D eigenvalue weighted by Crippen LogP contribution is 2.22. The van der Waals surface area contributed by atoms with E-state index in [1.807, 2.05) is 18.1 Å². The van der Waals surface area contributed by atoms with Gasteiger partial charge in [0.25, 0.3) is 5.91 Å². The highest BCUT2D eigenvalue weighted by Gasteiger charge is 2.26. The molecule has 1 aliphatic rings. The molecule has 4 N–H and O–H groups in total. The normalized spacial score (nSPS) is 15.7. The van der Waals surface area contributed by atoms with Crippen molar-refractivity contribution < 1.29 is 9.18 Å². The van der Waals surface area contributed by atoms with Gasteiger partial charge in [0.1, 0.15) is 11.6 Å².